The number of hydrogen-bond donors (Lipinski definition) is 0. The summed E-state index contributed by atoms with van der Waals surface area (Å²) in [6, 6.07) is 4.59. The van der Waals surface area contributed by atoms with Gasteiger partial charge in [-0.05, 0) is 53.4 Å². The highest BCUT2D eigenvalue weighted by atomic mass is 14.2. The first kappa shape index (κ1) is 14.3. The van der Waals surface area contributed by atoms with Crippen LogP contribution in [0, 0.1) is 6.92 Å². The van der Waals surface area contributed by atoms with E-state index in [0.717, 1.165) is 6.42 Å². The van der Waals surface area contributed by atoms with E-state index < -0.39 is 0 Å². The van der Waals surface area contributed by atoms with E-state index in [4.69, 9.17) is 0 Å². The van der Waals surface area contributed by atoms with Gasteiger partial charge in [-0.3, -0.25) is 0 Å². The Balaban J connectivity index is 3.53. The average molecular weight is 231 g/mol. The first-order valence-electron chi connectivity index (χ1n) is 6.84. The molecule has 0 saturated carbocycles. The van der Waals surface area contributed by atoms with Gasteiger partial charge in [0.1, 0.15) is 0 Å². The molecule has 0 heterocycles. The predicted octanol–water partition coefficient (Wildman–Crippen LogP) is 5.43. The van der Waals surface area contributed by atoms with Gasteiger partial charge in [0, 0.05) is 0 Å². The van der Waals surface area contributed by atoms with Crippen LogP contribution < -0.4 is 0 Å². The van der Waals surface area contributed by atoms with Crippen LogP contribution in [0.2, 0.25) is 0 Å². The molecule has 0 heteroatoms. The van der Waals surface area contributed by atoms with Gasteiger partial charge in [-0.2, -0.15) is 0 Å². The van der Waals surface area contributed by atoms with Crippen LogP contribution in [0.4, 0.5) is 0 Å². The van der Waals surface area contributed by atoms with Crippen LogP contribution in [0.3, 0.4) is 0 Å². The molecule has 17 heavy (non-hydrogen) atoms. The third-order valence-electron chi connectivity index (χ3n) is 3.46. The molecule has 1 aromatic carbocycles. The summed E-state index contributed by atoms with van der Waals surface area (Å²) in [7, 11) is 0. The molecule has 0 aliphatic carbocycles. The number of benzene rings is 1. The van der Waals surface area contributed by atoms with E-state index in [1.54, 1.807) is 11.1 Å². The molecule has 0 fully saturated rings. The van der Waals surface area contributed by atoms with Crippen molar-refractivity contribution in [2.24, 2.45) is 0 Å². The lowest BCUT2D eigenvalue weighted by molar-refractivity contribution is 0.740. The van der Waals surface area contributed by atoms with Crippen molar-refractivity contribution in [2.75, 3.05) is 0 Å². The van der Waals surface area contributed by atoms with Crippen molar-refractivity contribution >= 4 is 0 Å². The van der Waals surface area contributed by atoms with Gasteiger partial charge in [0.2, 0.25) is 0 Å². The third kappa shape index (κ3) is 2.91. The number of hydrogen-bond acceptors (Lipinski definition) is 0. The molecule has 0 atom stereocenters. The minimum absolute atomic E-state index is 0.586. The van der Waals surface area contributed by atoms with E-state index >= 15 is 0 Å². The van der Waals surface area contributed by atoms with Gasteiger partial charge in [-0.25, -0.2) is 0 Å². The molecule has 0 aliphatic heterocycles. The summed E-state index contributed by atoms with van der Waals surface area (Å²) in [6.07, 6.45) is 0.894. The summed E-state index contributed by atoms with van der Waals surface area (Å²) in [5, 5.41) is 0. The molecule has 0 bridgehead atoms. The zero-order chi connectivity index (χ0) is 13.2. The van der Waals surface area contributed by atoms with Gasteiger partial charge < -0.3 is 0 Å². The largest absolute Gasteiger partial charge is 0.0587 e. The molecular weight excluding hydrogens is 204 g/mol. The first-order chi connectivity index (χ1) is 7.90. The quantitative estimate of drug-likeness (QED) is 0.648. The Morgan fingerprint density at radius 3 is 1.71 bits per heavy atom. The Bertz CT molecular complexity index is 370. The van der Waals surface area contributed by atoms with E-state index in [1.807, 2.05) is 0 Å². The molecule has 1 aromatic rings. The topological polar surface area (TPSA) is 0 Å². The maximum absolute atomic E-state index is 4.07. The van der Waals surface area contributed by atoms with Gasteiger partial charge in [0.25, 0.3) is 0 Å². The van der Waals surface area contributed by atoms with E-state index in [-0.39, 0.29) is 0 Å². The molecule has 1 rings (SSSR count). The van der Waals surface area contributed by atoms with Crippen LogP contribution in [0.25, 0.3) is 0 Å². The smallest absolute Gasteiger partial charge is 0.0213 e. The van der Waals surface area contributed by atoms with E-state index in [1.165, 1.54) is 11.1 Å². The maximum Gasteiger partial charge on any atom is -0.0213 e. The monoisotopic (exact) mass is 231 g/mol. The van der Waals surface area contributed by atoms with Crippen LogP contribution in [-0.2, 0) is 6.42 Å². The third-order valence-corrected chi connectivity index (χ3v) is 3.46. The van der Waals surface area contributed by atoms with Crippen molar-refractivity contribution in [3.05, 3.63) is 41.3 Å². The van der Waals surface area contributed by atoms with Crippen molar-refractivity contribution in [2.45, 2.75) is 65.7 Å². The van der Waals surface area contributed by atoms with Crippen LogP contribution in [0.15, 0.2) is 12.1 Å². The fourth-order valence-corrected chi connectivity index (χ4v) is 2.75. The second-order valence-corrected chi connectivity index (χ2v) is 5.86. The Morgan fingerprint density at radius 1 is 0.824 bits per heavy atom. The highest BCUT2D eigenvalue weighted by Gasteiger charge is 2.18. The van der Waals surface area contributed by atoms with Crippen LogP contribution >= 0.6 is 0 Å². The summed E-state index contributed by atoms with van der Waals surface area (Å²) < 4.78 is 0. The minimum atomic E-state index is 0.586. The molecule has 0 N–H and O–H groups in total. The van der Waals surface area contributed by atoms with Gasteiger partial charge in [0.15, 0.2) is 0 Å². The summed E-state index contributed by atoms with van der Waals surface area (Å²) in [5.74, 6) is 1.78. The lowest BCUT2D eigenvalue weighted by Gasteiger charge is -2.25. The fourth-order valence-electron chi connectivity index (χ4n) is 2.75. The van der Waals surface area contributed by atoms with Crippen LogP contribution in [0.1, 0.15) is 81.5 Å². The van der Waals surface area contributed by atoms with Crippen molar-refractivity contribution in [1.29, 1.82) is 0 Å². The van der Waals surface area contributed by atoms with Crippen molar-refractivity contribution < 1.29 is 0 Å². The fraction of sp³-hybridized carbons (Fsp3) is 0.588. The molecule has 0 aliphatic rings. The van der Waals surface area contributed by atoms with Crippen LogP contribution in [0.5, 0.6) is 0 Å². The van der Waals surface area contributed by atoms with Gasteiger partial charge >= 0.3 is 0 Å². The zero-order valence-corrected chi connectivity index (χ0v) is 12.3. The second kappa shape index (κ2) is 5.71. The van der Waals surface area contributed by atoms with E-state index in [2.05, 4.69) is 60.6 Å². The van der Waals surface area contributed by atoms with E-state index in [9.17, 15) is 0 Å². The van der Waals surface area contributed by atoms with Gasteiger partial charge in [0.05, 0.1) is 0 Å². The lowest BCUT2D eigenvalue weighted by Crippen LogP contribution is -2.08. The predicted molar refractivity (Wildman–Crippen MR) is 77.8 cm³/mol. The standard InChI is InChI=1S/C17H27/c1-8-14-9-10-15(11(2)3)17(13(6)7)16(14)12(4)5/h9-13H,1,8H2,2-7H3. The summed E-state index contributed by atoms with van der Waals surface area (Å²) in [6.45, 7) is 17.9. The SMILES string of the molecule is [CH2]Cc1ccc(C(C)C)c(C(C)C)c1C(C)C. The lowest BCUT2D eigenvalue weighted by atomic mass is 9.80. The molecule has 95 valence electrons. The second-order valence-electron chi connectivity index (χ2n) is 5.86. The molecular formula is C17H27. The Kier molecular flexibility index (Phi) is 4.80. The van der Waals surface area contributed by atoms with Gasteiger partial charge in [-0.15, -0.1) is 0 Å². The molecule has 0 unspecified atom stereocenters. The summed E-state index contributed by atoms with van der Waals surface area (Å²) in [4.78, 5) is 0. The number of rotatable bonds is 4. The van der Waals surface area contributed by atoms with Crippen LogP contribution in [-0.4, -0.2) is 0 Å². The summed E-state index contributed by atoms with van der Waals surface area (Å²) in [5.41, 5.74) is 6.05. The molecule has 1 radical (unpaired) electrons. The molecule has 0 amide bonds. The highest BCUT2D eigenvalue weighted by Crippen LogP contribution is 2.35. The van der Waals surface area contributed by atoms with Crippen molar-refractivity contribution in [3.63, 3.8) is 0 Å². The average Bonchev–Trinajstić information content (AvgIpc) is 2.26. The maximum atomic E-state index is 4.07. The highest BCUT2D eigenvalue weighted by molar-refractivity contribution is 5.46. The molecule has 0 spiro atoms. The first-order valence-corrected chi connectivity index (χ1v) is 6.84. The van der Waals surface area contributed by atoms with E-state index in [0.29, 0.717) is 17.8 Å². The Morgan fingerprint density at radius 2 is 1.35 bits per heavy atom. The molecule has 0 aromatic heterocycles. The Labute approximate surface area is 107 Å². The van der Waals surface area contributed by atoms with Crippen molar-refractivity contribution in [3.8, 4) is 0 Å². The molecule has 0 nitrogen and oxygen atoms in total. The Hall–Kier alpha value is -0.780. The zero-order valence-electron chi connectivity index (χ0n) is 12.3. The summed E-state index contributed by atoms with van der Waals surface area (Å²) >= 11 is 0. The molecule has 0 saturated heterocycles. The minimum Gasteiger partial charge on any atom is -0.0587 e. The normalized spacial score (nSPS) is 11.9. The van der Waals surface area contributed by atoms with Gasteiger partial charge in [-0.1, -0.05) is 53.7 Å². The van der Waals surface area contributed by atoms with Crippen molar-refractivity contribution in [1.82, 2.24) is 0 Å².